The summed E-state index contributed by atoms with van der Waals surface area (Å²) in [5.74, 6) is -1.22. The molecule has 1 N–H and O–H groups in total. The minimum absolute atomic E-state index is 0.123. The van der Waals surface area contributed by atoms with Gasteiger partial charge in [0.25, 0.3) is 5.91 Å². The molecule has 1 unspecified atom stereocenters. The number of carbonyl (C=O) groups excluding carboxylic acids is 3. The van der Waals surface area contributed by atoms with Gasteiger partial charge >= 0.3 is 0 Å². The van der Waals surface area contributed by atoms with Gasteiger partial charge in [0.05, 0.1) is 11.8 Å². The number of ether oxygens (including phenoxy) is 2. The van der Waals surface area contributed by atoms with Crippen molar-refractivity contribution in [1.29, 1.82) is 0 Å². The average molecular weight is 572 g/mol. The molecular formula is C34H37NO7. The summed E-state index contributed by atoms with van der Waals surface area (Å²) < 4.78 is 11.8. The number of carbonyl (C=O) groups is 3. The number of aliphatic hydroxyl groups excluding tert-OH is 1. The van der Waals surface area contributed by atoms with Crippen LogP contribution in [0.25, 0.3) is 0 Å². The van der Waals surface area contributed by atoms with E-state index in [0.717, 1.165) is 43.3 Å². The lowest BCUT2D eigenvalue weighted by Crippen LogP contribution is -2.67. The van der Waals surface area contributed by atoms with Gasteiger partial charge in [0.2, 0.25) is 0 Å². The molecule has 8 nitrogen and oxygen atoms in total. The maximum atomic E-state index is 14.8. The summed E-state index contributed by atoms with van der Waals surface area (Å²) in [6.45, 7) is 3.94. The van der Waals surface area contributed by atoms with Crippen LogP contribution in [-0.2, 0) is 23.9 Å². The number of hydrogen-bond donors (Lipinski definition) is 1. The molecule has 4 aliphatic carbocycles. The van der Waals surface area contributed by atoms with Crippen LogP contribution in [0.5, 0.6) is 0 Å². The van der Waals surface area contributed by atoms with Gasteiger partial charge in [0.15, 0.2) is 23.5 Å². The summed E-state index contributed by atoms with van der Waals surface area (Å²) >= 11 is 0. The predicted molar refractivity (Wildman–Crippen MR) is 153 cm³/mol. The number of ketones is 2. The Bertz CT molecular complexity index is 1480. The Labute approximate surface area is 245 Å². The second-order valence-corrected chi connectivity index (χ2v) is 12.7. The van der Waals surface area contributed by atoms with Crippen molar-refractivity contribution >= 4 is 17.5 Å². The van der Waals surface area contributed by atoms with Crippen molar-refractivity contribution < 1.29 is 33.8 Å². The van der Waals surface area contributed by atoms with Crippen LogP contribution in [0.2, 0.25) is 0 Å². The first-order valence-corrected chi connectivity index (χ1v) is 15.2. The normalized spacial score (nSPS) is 33.9. The van der Waals surface area contributed by atoms with Gasteiger partial charge in [-0.3, -0.25) is 14.4 Å². The van der Waals surface area contributed by atoms with Crippen molar-refractivity contribution in [3.63, 3.8) is 0 Å². The molecule has 1 fully saturated rings. The molecule has 5 atom stereocenters. The SMILES string of the molecule is C[C@H]1C=C2C(=O)C=C3C4=C(C5=C(CCC5)C4)N(C(=O)c4ccccc4)O[C@]3(C(=O)COC3CCCCO3)[C@@]2(C)C[C@@H]1O. The van der Waals surface area contributed by atoms with Crippen LogP contribution in [0.3, 0.4) is 0 Å². The van der Waals surface area contributed by atoms with Gasteiger partial charge in [0, 0.05) is 34.6 Å². The van der Waals surface area contributed by atoms with E-state index in [0.29, 0.717) is 41.9 Å². The summed E-state index contributed by atoms with van der Waals surface area (Å²) in [6, 6.07) is 8.91. The Morgan fingerprint density at radius 2 is 1.90 bits per heavy atom. The van der Waals surface area contributed by atoms with Gasteiger partial charge in [-0.2, -0.15) is 5.06 Å². The Hall–Kier alpha value is -3.17. The molecule has 220 valence electrons. The molecule has 1 aromatic carbocycles. The molecule has 1 aromatic rings. The van der Waals surface area contributed by atoms with E-state index in [1.807, 2.05) is 19.9 Å². The van der Waals surface area contributed by atoms with E-state index >= 15 is 0 Å². The number of aliphatic hydroxyl groups is 1. The molecule has 0 aromatic heterocycles. The number of hydrogen-bond acceptors (Lipinski definition) is 7. The molecule has 0 radical (unpaired) electrons. The first kappa shape index (κ1) is 27.7. The largest absolute Gasteiger partial charge is 0.392 e. The fraction of sp³-hybridized carbons (Fsp3) is 0.500. The van der Waals surface area contributed by atoms with Crippen molar-refractivity contribution in [1.82, 2.24) is 5.06 Å². The van der Waals surface area contributed by atoms with Gasteiger partial charge in [-0.05, 0) is 80.7 Å². The number of allylic oxidation sites excluding steroid dienone is 3. The van der Waals surface area contributed by atoms with Gasteiger partial charge in [-0.1, -0.05) is 43.7 Å². The lowest BCUT2D eigenvalue weighted by Gasteiger charge is -2.57. The first-order chi connectivity index (χ1) is 20.2. The summed E-state index contributed by atoms with van der Waals surface area (Å²) in [7, 11) is 0. The lowest BCUT2D eigenvalue weighted by molar-refractivity contribution is -0.234. The molecule has 42 heavy (non-hydrogen) atoms. The minimum Gasteiger partial charge on any atom is -0.392 e. The molecule has 6 aliphatic rings. The topological polar surface area (TPSA) is 102 Å². The Morgan fingerprint density at radius 3 is 2.67 bits per heavy atom. The first-order valence-electron chi connectivity index (χ1n) is 15.2. The summed E-state index contributed by atoms with van der Waals surface area (Å²) in [5.41, 5.74) is 2.11. The third-order valence-electron chi connectivity index (χ3n) is 10.1. The summed E-state index contributed by atoms with van der Waals surface area (Å²) in [4.78, 5) is 49.7. The van der Waals surface area contributed by atoms with E-state index in [1.54, 1.807) is 36.4 Å². The average Bonchev–Trinajstić information content (AvgIpc) is 3.60. The quantitative estimate of drug-likeness (QED) is 0.536. The van der Waals surface area contributed by atoms with Crippen LogP contribution in [0.4, 0.5) is 0 Å². The maximum absolute atomic E-state index is 14.8. The number of rotatable bonds is 5. The molecule has 7 rings (SSSR count). The molecule has 8 heteroatoms. The predicted octanol–water partition coefficient (Wildman–Crippen LogP) is 4.91. The highest BCUT2D eigenvalue weighted by Crippen LogP contribution is 2.62. The van der Waals surface area contributed by atoms with Crippen molar-refractivity contribution in [3.05, 3.63) is 81.6 Å². The van der Waals surface area contributed by atoms with Crippen LogP contribution in [0, 0.1) is 11.3 Å². The van der Waals surface area contributed by atoms with Crippen molar-refractivity contribution in [2.45, 2.75) is 83.2 Å². The van der Waals surface area contributed by atoms with Crippen LogP contribution in [0.15, 0.2) is 76.0 Å². The van der Waals surface area contributed by atoms with Crippen LogP contribution in [-0.4, -0.2) is 58.9 Å². The highest BCUT2D eigenvalue weighted by atomic mass is 16.7. The standard InChI is InChI=1S/C34H37NO7/c1-20-15-26-27(36)17-25-24-16-22-11-8-12-23(22)31(24)35(32(39)21-9-4-3-5-10-21)42-34(25,33(26,2)18-28(20)37)29(38)19-41-30-13-6-7-14-40-30/h3-5,9-10,15,17,20,28,30,37H,6-8,11-14,16,18-19H2,1-2H3/t20-,28-,30?,33-,34+/m0/s1. The van der Waals surface area contributed by atoms with Crippen LogP contribution < -0.4 is 0 Å². The number of fused-ring (bicyclic) bond motifs is 5. The molecule has 2 heterocycles. The molecule has 1 amide bonds. The van der Waals surface area contributed by atoms with E-state index in [2.05, 4.69) is 0 Å². The van der Waals surface area contributed by atoms with Crippen molar-refractivity contribution in [2.75, 3.05) is 13.2 Å². The zero-order chi connectivity index (χ0) is 29.2. The third-order valence-corrected chi connectivity index (χ3v) is 10.1. The minimum atomic E-state index is -1.76. The molecule has 2 aliphatic heterocycles. The molecule has 0 saturated carbocycles. The number of Topliss-reactive ketones (excluding diaryl/α,β-unsaturated/α-hetero) is 1. The van der Waals surface area contributed by atoms with Crippen molar-refractivity contribution in [3.8, 4) is 0 Å². The van der Waals surface area contributed by atoms with Gasteiger partial charge in [0.1, 0.15) is 6.61 Å². The zero-order valence-corrected chi connectivity index (χ0v) is 24.2. The fourth-order valence-corrected chi connectivity index (χ4v) is 7.90. The molecular weight excluding hydrogens is 534 g/mol. The summed E-state index contributed by atoms with van der Waals surface area (Å²) in [6.07, 6.45) is 7.97. The number of benzene rings is 1. The van der Waals surface area contributed by atoms with E-state index in [1.165, 1.54) is 10.6 Å². The van der Waals surface area contributed by atoms with E-state index in [-0.39, 0.29) is 30.6 Å². The van der Waals surface area contributed by atoms with Gasteiger partial charge in [-0.25, -0.2) is 4.84 Å². The lowest BCUT2D eigenvalue weighted by atomic mass is 9.52. The highest BCUT2D eigenvalue weighted by Gasteiger charge is 2.68. The Kier molecular flexibility index (Phi) is 6.73. The molecule has 0 spiro atoms. The van der Waals surface area contributed by atoms with Crippen molar-refractivity contribution in [2.24, 2.45) is 11.3 Å². The monoisotopic (exact) mass is 571 g/mol. The van der Waals surface area contributed by atoms with Gasteiger partial charge in [-0.15, -0.1) is 0 Å². The van der Waals surface area contributed by atoms with E-state index in [9.17, 15) is 19.5 Å². The Morgan fingerprint density at radius 1 is 1.10 bits per heavy atom. The number of nitrogens with zero attached hydrogens (tertiary/aromatic N) is 1. The highest BCUT2D eigenvalue weighted by molar-refractivity contribution is 6.12. The molecule has 0 bridgehead atoms. The van der Waals surface area contributed by atoms with Crippen LogP contribution >= 0.6 is 0 Å². The van der Waals surface area contributed by atoms with Gasteiger partial charge < -0.3 is 14.6 Å². The number of amides is 1. The van der Waals surface area contributed by atoms with E-state index in [4.69, 9.17) is 14.3 Å². The maximum Gasteiger partial charge on any atom is 0.282 e. The smallest absolute Gasteiger partial charge is 0.282 e. The van der Waals surface area contributed by atoms with E-state index < -0.39 is 29.2 Å². The fourth-order valence-electron chi connectivity index (χ4n) is 7.90. The Balaban J connectivity index is 1.41. The molecule has 1 saturated heterocycles. The third kappa shape index (κ3) is 3.99. The number of hydroxylamine groups is 2. The second-order valence-electron chi connectivity index (χ2n) is 12.7. The van der Waals surface area contributed by atoms with Crippen LogP contribution in [0.1, 0.15) is 75.6 Å². The summed E-state index contributed by atoms with van der Waals surface area (Å²) in [5, 5.41) is 12.5. The zero-order valence-electron chi connectivity index (χ0n) is 24.2. The second kappa shape index (κ2) is 10.2.